The number of fused-ring (bicyclic) bond motifs is 1. The SMILES string of the molecule is COc1nc(N)nn2ccc(-c3ccc(N=N)c(NCC(F)F)c3)c12. The van der Waals surface area contributed by atoms with E-state index in [0.29, 0.717) is 22.6 Å². The van der Waals surface area contributed by atoms with E-state index in [1.807, 2.05) is 0 Å². The first-order chi connectivity index (χ1) is 12.0. The van der Waals surface area contributed by atoms with Gasteiger partial charge in [0, 0.05) is 11.8 Å². The molecule has 130 valence electrons. The quantitative estimate of drug-likeness (QED) is 0.592. The molecule has 0 bridgehead atoms. The smallest absolute Gasteiger partial charge is 0.255 e. The zero-order valence-electron chi connectivity index (χ0n) is 13.2. The third-order valence-electron chi connectivity index (χ3n) is 3.56. The van der Waals surface area contributed by atoms with Crippen molar-refractivity contribution in [3.63, 3.8) is 0 Å². The van der Waals surface area contributed by atoms with E-state index < -0.39 is 13.0 Å². The Morgan fingerprint density at radius 2 is 2.20 bits per heavy atom. The number of hydrogen-bond acceptors (Lipinski definition) is 7. The number of anilines is 2. The molecule has 0 aliphatic heterocycles. The topological polar surface area (TPSA) is 114 Å². The summed E-state index contributed by atoms with van der Waals surface area (Å²) in [5.41, 5.74) is 15.4. The third kappa shape index (κ3) is 3.18. The summed E-state index contributed by atoms with van der Waals surface area (Å²) in [5, 5.41) is 10.0. The van der Waals surface area contributed by atoms with Crippen LogP contribution < -0.4 is 15.8 Å². The molecule has 10 heteroatoms. The number of rotatable bonds is 6. The van der Waals surface area contributed by atoms with Crippen LogP contribution in [0.25, 0.3) is 16.6 Å². The fraction of sp³-hybridized carbons (Fsp3) is 0.200. The molecule has 0 radical (unpaired) electrons. The van der Waals surface area contributed by atoms with Crippen molar-refractivity contribution in [3.05, 3.63) is 30.5 Å². The standard InChI is InChI=1S/C15H15F2N7O/c1-25-14-13-9(4-5-24(13)23-15(18)21-14)8-2-3-10(22-19)11(6-8)20-7-12(16)17/h2-6,12,19-20H,7H2,1H3,(H2,18,23). The molecule has 0 aliphatic rings. The zero-order chi connectivity index (χ0) is 18.0. The predicted molar refractivity (Wildman–Crippen MR) is 88.7 cm³/mol. The molecule has 4 N–H and O–H groups in total. The number of halogens is 2. The van der Waals surface area contributed by atoms with Crippen molar-refractivity contribution in [2.45, 2.75) is 6.43 Å². The van der Waals surface area contributed by atoms with Crippen LogP contribution in [0.15, 0.2) is 35.6 Å². The normalized spacial score (nSPS) is 11.0. The lowest BCUT2D eigenvalue weighted by atomic mass is 10.1. The summed E-state index contributed by atoms with van der Waals surface area (Å²) in [6.45, 7) is -0.536. The van der Waals surface area contributed by atoms with Crippen molar-refractivity contribution in [2.75, 3.05) is 24.7 Å². The highest BCUT2D eigenvalue weighted by atomic mass is 19.3. The first kappa shape index (κ1) is 16.6. The monoisotopic (exact) mass is 347 g/mol. The summed E-state index contributed by atoms with van der Waals surface area (Å²) in [7, 11) is 1.47. The van der Waals surface area contributed by atoms with Gasteiger partial charge in [-0.2, -0.15) is 10.1 Å². The number of nitrogens with zero attached hydrogens (tertiary/aromatic N) is 4. The molecule has 25 heavy (non-hydrogen) atoms. The lowest BCUT2D eigenvalue weighted by Crippen LogP contribution is -2.10. The Bertz CT molecular complexity index is 926. The first-order valence-corrected chi connectivity index (χ1v) is 7.26. The lowest BCUT2D eigenvalue weighted by molar-refractivity contribution is 0.163. The highest BCUT2D eigenvalue weighted by molar-refractivity contribution is 5.87. The van der Waals surface area contributed by atoms with Crippen LogP contribution in [-0.4, -0.2) is 34.7 Å². The Labute approximate surface area is 141 Å². The number of ether oxygens (including phenoxy) is 1. The number of nitrogens with one attached hydrogen (secondary N) is 2. The van der Waals surface area contributed by atoms with E-state index in [1.54, 1.807) is 30.5 Å². The second-order valence-electron chi connectivity index (χ2n) is 5.12. The molecule has 0 atom stereocenters. The maximum absolute atomic E-state index is 12.5. The number of nitrogen functional groups attached to an aromatic ring is 1. The summed E-state index contributed by atoms with van der Waals surface area (Å²) in [6.07, 6.45) is -0.825. The molecule has 0 aliphatic carbocycles. The summed E-state index contributed by atoms with van der Waals surface area (Å²) in [4.78, 5) is 4.05. The van der Waals surface area contributed by atoms with Gasteiger partial charge in [-0.1, -0.05) is 6.07 Å². The van der Waals surface area contributed by atoms with Crippen LogP contribution in [0.3, 0.4) is 0 Å². The Morgan fingerprint density at radius 3 is 2.88 bits per heavy atom. The molecule has 0 amide bonds. The number of nitrogens with two attached hydrogens (primary N) is 1. The van der Waals surface area contributed by atoms with Crippen LogP contribution >= 0.6 is 0 Å². The van der Waals surface area contributed by atoms with Gasteiger partial charge in [0.2, 0.25) is 11.8 Å². The molecule has 1 aromatic carbocycles. The van der Waals surface area contributed by atoms with Gasteiger partial charge >= 0.3 is 0 Å². The van der Waals surface area contributed by atoms with Gasteiger partial charge in [0.15, 0.2) is 0 Å². The van der Waals surface area contributed by atoms with Crippen LogP contribution in [0.2, 0.25) is 0 Å². The highest BCUT2D eigenvalue weighted by Gasteiger charge is 2.15. The van der Waals surface area contributed by atoms with Crippen LogP contribution in [-0.2, 0) is 0 Å². The fourth-order valence-electron chi connectivity index (χ4n) is 2.51. The molecule has 3 aromatic rings. The molecule has 2 aromatic heterocycles. The average Bonchev–Trinajstić information content (AvgIpc) is 3.02. The van der Waals surface area contributed by atoms with E-state index >= 15 is 0 Å². The van der Waals surface area contributed by atoms with Crippen molar-refractivity contribution in [1.82, 2.24) is 14.6 Å². The number of benzene rings is 1. The first-order valence-electron chi connectivity index (χ1n) is 7.26. The van der Waals surface area contributed by atoms with Gasteiger partial charge in [0.1, 0.15) is 11.2 Å². The molecule has 2 heterocycles. The van der Waals surface area contributed by atoms with Gasteiger partial charge in [-0.3, -0.25) is 0 Å². The average molecular weight is 347 g/mol. The Kier molecular flexibility index (Phi) is 4.42. The summed E-state index contributed by atoms with van der Waals surface area (Å²) in [6, 6.07) is 6.73. The number of methoxy groups -OCH3 is 1. The maximum atomic E-state index is 12.5. The van der Waals surface area contributed by atoms with Crippen molar-refractivity contribution >= 4 is 22.8 Å². The molecule has 0 fully saturated rings. The van der Waals surface area contributed by atoms with Gasteiger partial charge in [-0.25, -0.2) is 18.8 Å². The molecule has 0 saturated carbocycles. The van der Waals surface area contributed by atoms with Crippen LogP contribution in [0.1, 0.15) is 0 Å². The second kappa shape index (κ2) is 6.67. The Hall–Kier alpha value is -3.30. The van der Waals surface area contributed by atoms with Crippen LogP contribution in [0.5, 0.6) is 5.88 Å². The van der Waals surface area contributed by atoms with Crippen molar-refractivity contribution in [1.29, 1.82) is 5.53 Å². The van der Waals surface area contributed by atoms with Crippen molar-refractivity contribution in [2.24, 2.45) is 5.11 Å². The minimum Gasteiger partial charge on any atom is -0.479 e. The van der Waals surface area contributed by atoms with E-state index in [4.69, 9.17) is 16.0 Å². The molecule has 3 rings (SSSR count). The second-order valence-corrected chi connectivity index (χ2v) is 5.12. The minimum atomic E-state index is -2.52. The molecule has 0 spiro atoms. The molecule has 8 nitrogen and oxygen atoms in total. The molecule has 0 saturated heterocycles. The van der Waals surface area contributed by atoms with E-state index in [2.05, 4.69) is 20.5 Å². The largest absolute Gasteiger partial charge is 0.479 e. The number of aromatic nitrogens is 3. The summed E-state index contributed by atoms with van der Waals surface area (Å²) in [5.74, 6) is 0.359. The van der Waals surface area contributed by atoms with E-state index in [0.717, 1.165) is 5.56 Å². The van der Waals surface area contributed by atoms with Crippen molar-refractivity contribution < 1.29 is 13.5 Å². The third-order valence-corrected chi connectivity index (χ3v) is 3.56. The van der Waals surface area contributed by atoms with Gasteiger partial charge in [-0.15, -0.1) is 5.10 Å². The summed E-state index contributed by atoms with van der Waals surface area (Å²) >= 11 is 0. The fourth-order valence-corrected chi connectivity index (χ4v) is 2.51. The van der Waals surface area contributed by atoms with E-state index in [1.165, 1.54) is 11.6 Å². The minimum absolute atomic E-state index is 0.0640. The van der Waals surface area contributed by atoms with E-state index in [-0.39, 0.29) is 11.6 Å². The number of hydrogen-bond donors (Lipinski definition) is 3. The van der Waals surface area contributed by atoms with Gasteiger partial charge in [-0.05, 0) is 23.8 Å². The van der Waals surface area contributed by atoms with Crippen LogP contribution in [0.4, 0.5) is 26.1 Å². The maximum Gasteiger partial charge on any atom is 0.255 e. The molecular weight excluding hydrogens is 332 g/mol. The Morgan fingerprint density at radius 1 is 1.40 bits per heavy atom. The highest BCUT2D eigenvalue weighted by Crippen LogP contribution is 2.35. The summed E-state index contributed by atoms with van der Waals surface area (Å²) < 4.78 is 31.8. The van der Waals surface area contributed by atoms with Crippen LogP contribution in [0, 0.1) is 5.53 Å². The molecule has 0 unspecified atom stereocenters. The Balaban J connectivity index is 2.12. The van der Waals surface area contributed by atoms with Gasteiger partial charge in [0.05, 0.1) is 19.3 Å². The van der Waals surface area contributed by atoms with E-state index in [9.17, 15) is 8.78 Å². The zero-order valence-corrected chi connectivity index (χ0v) is 13.2. The predicted octanol–water partition coefficient (Wildman–Crippen LogP) is 3.33. The number of alkyl halides is 2. The van der Waals surface area contributed by atoms with Crippen molar-refractivity contribution in [3.8, 4) is 17.0 Å². The van der Waals surface area contributed by atoms with Gasteiger partial charge < -0.3 is 15.8 Å². The lowest BCUT2D eigenvalue weighted by Gasteiger charge is -2.11. The van der Waals surface area contributed by atoms with Gasteiger partial charge in [0.25, 0.3) is 6.43 Å². The molecular formula is C15H15F2N7O.